The smallest absolute Gasteiger partial charge is 0.182 e. The van der Waals surface area contributed by atoms with Gasteiger partial charge in [0.2, 0.25) is 0 Å². The van der Waals surface area contributed by atoms with E-state index in [2.05, 4.69) is 15.9 Å². The molecule has 0 aliphatic rings. The Balaban J connectivity index is 2.40. The van der Waals surface area contributed by atoms with Gasteiger partial charge >= 0.3 is 0 Å². The molecule has 0 spiro atoms. The molecule has 0 atom stereocenters. The van der Waals surface area contributed by atoms with Gasteiger partial charge in [0.25, 0.3) is 0 Å². The minimum Gasteiger partial charge on any atom is -0.396 e. The van der Waals surface area contributed by atoms with Crippen LogP contribution in [0.1, 0.15) is 5.56 Å². The number of sulfone groups is 1. The standard InChI is InChI=1S/C13H10BrF2NO2S/c14-9-1-3-11(15)8(5-9)7-20(18,19)10-2-4-13(17)12(16)6-10/h1-6H,7,17H2. The zero-order chi connectivity index (χ0) is 14.9. The van der Waals surface area contributed by atoms with Crippen molar-refractivity contribution in [1.29, 1.82) is 0 Å². The summed E-state index contributed by atoms with van der Waals surface area (Å²) in [6.07, 6.45) is 0. The SMILES string of the molecule is Nc1ccc(S(=O)(=O)Cc2cc(Br)ccc2F)cc1F. The molecule has 0 saturated carbocycles. The number of rotatable bonds is 3. The lowest BCUT2D eigenvalue weighted by Crippen LogP contribution is -2.07. The van der Waals surface area contributed by atoms with Gasteiger partial charge < -0.3 is 5.73 Å². The summed E-state index contributed by atoms with van der Waals surface area (Å²) in [4.78, 5) is -0.233. The first-order valence-electron chi connectivity index (χ1n) is 5.51. The Labute approximate surface area is 123 Å². The summed E-state index contributed by atoms with van der Waals surface area (Å²) in [6.45, 7) is 0. The number of nitrogen functional groups attached to an aromatic ring is 1. The van der Waals surface area contributed by atoms with Gasteiger partial charge in [-0.05, 0) is 36.4 Å². The normalized spacial score (nSPS) is 11.6. The number of halogens is 3. The number of hydrogen-bond donors (Lipinski definition) is 1. The van der Waals surface area contributed by atoms with Crippen LogP contribution in [0, 0.1) is 11.6 Å². The quantitative estimate of drug-likeness (QED) is 0.853. The first kappa shape index (κ1) is 14.9. The van der Waals surface area contributed by atoms with Crippen molar-refractivity contribution < 1.29 is 17.2 Å². The summed E-state index contributed by atoms with van der Waals surface area (Å²) in [6, 6.07) is 7.21. The third-order valence-electron chi connectivity index (χ3n) is 2.68. The van der Waals surface area contributed by atoms with E-state index in [1.165, 1.54) is 30.3 Å². The third-order valence-corrected chi connectivity index (χ3v) is 4.84. The van der Waals surface area contributed by atoms with Gasteiger partial charge in [-0.3, -0.25) is 0 Å². The van der Waals surface area contributed by atoms with E-state index in [-0.39, 0.29) is 16.1 Å². The van der Waals surface area contributed by atoms with Gasteiger partial charge in [0.05, 0.1) is 16.3 Å². The zero-order valence-corrected chi connectivity index (χ0v) is 12.5. The van der Waals surface area contributed by atoms with Gasteiger partial charge in [0.1, 0.15) is 11.6 Å². The molecular formula is C13H10BrF2NO2S. The van der Waals surface area contributed by atoms with Gasteiger partial charge in [-0.2, -0.15) is 0 Å². The molecule has 2 rings (SSSR count). The maximum Gasteiger partial charge on any atom is 0.182 e. The Morgan fingerprint density at radius 3 is 2.40 bits per heavy atom. The number of anilines is 1. The highest BCUT2D eigenvalue weighted by Gasteiger charge is 2.19. The van der Waals surface area contributed by atoms with E-state index in [1.807, 2.05) is 0 Å². The summed E-state index contributed by atoms with van der Waals surface area (Å²) in [5.74, 6) is -2.00. The molecule has 0 aliphatic carbocycles. The lowest BCUT2D eigenvalue weighted by molar-refractivity contribution is 0.584. The van der Waals surface area contributed by atoms with Crippen LogP contribution in [-0.2, 0) is 15.6 Å². The van der Waals surface area contributed by atoms with Crippen LogP contribution < -0.4 is 5.73 Å². The van der Waals surface area contributed by atoms with Crippen LogP contribution in [0.15, 0.2) is 45.8 Å². The molecule has 20 heavy (non-hydrogen) atoms. The van der Waals surface area contributed by atoms with Crippen LogP contribution >= 0.6 is 15.9 Å². The van der Waals surface area contributed by atoms with Crippen molar-refractivity contribution >= 4 is 31.5 Å². The Kier molecular flexibility index (Phi) is 4.10. The van der Waals surface area contributed by atoms with Crippen molar-refractivity contribution in [3.8, 4) is 0 Å². The summed E-state index contributed by atoms with van der Waals surface area (Å²) < 4.78 is 51.7. The second-order valence-corrected chi connectivity index (χ2v) is 7.08. The summed E-state index contributed by atoms with van der Waals surface area (Å²) in [5, 5.41) is 0. The molecule has 2 aromatic carbocycles. The second-order valence-electron chi connectivity index (χ2n) is 4.18. The summed E-state index contributed by atoms with van der Waals surface area (Å²) in [5.41, 5.74) is 5.16. The van der Waals surface area contributed by atoms with Gasteiger partial charge in [-0.15, -0.1) is 0 Å². The molecule has 7 heteroatoms. The molecule has 2 aromatic rings. The van der Waals surface area contributed by atoms with Gasteiger partial charge in [-0.25, -0.2) is 17.2 Å². The first-order valence-corrected chi connectivity index (χ1v) is 7.96. The van der Waals surface area contributed by atoms with E-state index < -0.39 is 27.2 Å². The molecule has 0 heterocycles. The van der Waals surface area contributed by atoms with Crippen LogP contribution in [0.3, 0.4) is 0 Å². The van der Waals surface area contributed by atoms with E-state index in [0.29, 0.717) is 4.47 Å². The Morgan fingerprint density at radius 2 is 1.75 bits per heavy atom. The average Bonchev–Trinajstić information content (AvgIpc) is 2.36. The minimum absolute atomic E-state index is 0.0107. The fraction of sp³-hybridized carbons (Fsp3) is 0.0769. The predicted octanol–water partition coefficient (Wildman–Crippen LogP) is 3.28. The fourth-order valence-corrected chi connectivity index (χ4v) is 3.41. The predicted molar refractivity (Wildman–Crippen MR) is 75.8 cm³/mol. The maximum atomic E-state index is 13.6. The number of benzene rings is 2. The van der Waals surface area contributed by atoms with E-state index in [1.54, 1.807) is 0 Å². The summed E-state index contributed by atoms with van der Waals surface area (Å²) in [7, 11) is -3.85. The highest BCUT2D eigenvalue weighted by molar-refractivity contribution is 9.10. The van der Waals surface area contributed by atoms with E-state index >= 15 is 0 Å². The highest BCUT2D eigenvalue weighted by atomic mass is 79.9. The molecule has 0 bridgehead atoms. The minimum atomic E-state index is -3.85. The topological polar surface area (TPSA) is 60.2 Å². The van der Waals surface area contributed by atoms with Gasteiger partial charge in [-0.1, -0.05) is 15.9 Å². The second kappa shape index (κ2) is 5.49. The molecule has 0 fully saturated rings. The number of nitrogens with two attached hydrogens (primary N) is 1. The van der Waals surface area contributed by atoms with Crippen LogP contribution in [0.5, 0.6) is 0 Å². The van der Waals surface area contributed by atoms with Crippen molar-refractivity contribution in [3.05, 3.63) is 58.1 Å². The van der Waals surface area contributed by atoms with Gasteiger partial charge in [0.15, 0.2) is 9.84 Å². The number of hydrogen-bond acceptors (Lipinski definition) is 3. The molecule has 2 N–H and O–H groups in total. The third kappa shape index (κ3) is 3.16. The average molecular weight is 362 g/mol. The molecule has 0 amide bonds. The maximum absolute atomic E-state index is 13.6. The Bertz CT molecular complexity index is 763. The van der Waals surface area contributed by atoms with Crippen LogP contribution in [-0.4, -0.2) is 8.42 Å². The fourth-order valence-electron chi connectivity index (χ4n) is 1.64. The molecular weight excluding hydrogens is 352 g/mol. The lowest BCUT2D eigenvalue weighted by Gasteiger charge is -2.07. The highest BCUT2D eigenvalue weighted by Crippen LogP contribution is 2.23. The van der Waals surface area contributed by atoms with E-state index in [0.717, 1.165) is 6.07 Å². The van der Waals surface area contributed by atoms with Gasteiger partial charge in [0, 0.05) is 10.0 Å². The molecule has 0 aliphatic heterocycles. The van der Waals surface area contributed by atoms with Crippen LogP contribution in [0.25, 0.3) is 0 Å². The molecule has 0 radical (unpaired) electrons. The Morgan fingerprint density at radius 1 is 1.05 bits per heavy atom. The van der Waals surface area contributed by atoms with E-state index in [4.69, 9.17) is 5.73 Å². The van der Waals surface area contributed by atoms with E-state index in [9.17, 15) is 17.2 Å². The van der Waals surface area contributed by atoms with Crippen LogP contribution in [0.4, 0.5) is 14.5 Å². The molecule has 3 nitrogen and oxygen atoms in total. The summed E-state index contributed by atoms with van der Waals surface area (Å²) >= 11 is 3.14. The van der Waals surface area contributed by atoms with Crippen molar-refractivity contribution in [2.45, 2.75) is 10.6 Å². The Hall–Kier alpha value is -1.47. The van der Waals surface area contributed by atoms with Crippen molar-refractivity contribution in [3.63, 3.8) is 0 Å². The molecule has 0 unspecified atom stereocenters. The van der Waals surface area contributed by atoms with Crippen molar-refractivity contribution in [2.75, 3.05) is 5.73 Å². The first-order chi connectivity index (χ1) is 9.29. The molecule has 0 aromatic heterocycles. The van der Waals surface area contributed by atoms with Crippen molar-refractivity contribution in [1.82, 2.24) is 0 Å². The van der Waals surface area contributed by atoms with Crippen LogP contribution in [0.2, 0.25) is 0 Å². The monoisotopic (exact) mass is 361 g/mol. The molecule has 106 valence electrons. The molecule has 0 saturated heterocycles. The van der Waals surface area contributed by atoms with Crippen molar-refractivity contribution in [2.24, 2.45) is 0 Å². The lowest BCUT2D eigenvalue weighted by atomic mass is 10.2. The zero-order valence-electron chi connectivity index (χ0n) is 10.1. The largest absolute Gasteiger partial charge is 0.396 e.